The fourth-order valence-electron chi connectivity index (χ4n) is 1.37. The minimum absolute atomic E-state index is 0.0911. The van der Waals surface area contributed by atoms with E-state index >= 15 is 0 Å². The van der Waals surface area contributed by atoms with Crippen molar-refractivity contribution in [3.05, 3.63) is 23.9 Å². The van der Waals surface area contributed by atoms with E-state index in [1.807, 2.05) is 0 Å². The standard InChI is InChI=1S/C11H14F3N3O/c1-6(2)9(10(15)18)17-8-4-3-7(5-16-8)11(12,13)14/h3-6,9H,1-2H3,(H2,15,18)(H,16,17)/t9-/m0/s1. The molecule has 18 heavy (non-hydrogen) atoms. The minimum atomic E-state index is -4.42. The zero-order valence-electron chi connectivity index (χ0n) is 9.95. The van der Waals surface area contributed by atoms with Crippen molar-refractivity contribution in [2.75, 3.05) is 5.32 Å². The molecule has 3 N–H and O–H groups in total. The predicted octanol–water partition coefficient (Wildman–Crippen LogP) is 2.02. The number of amides is 1. The molecule has 0 saturated heterocycles. The number of primary amides is 1. The van der Waals surface area contributed by atoms with E-state index in [1.165, 1.54) is 6.07 Å². The molecule has 1 aromatic heterocycles. The molecule has 0 aliphatic heterocycles. The Bertz CT molecular complexity index is 415. The van der Waals surface area contributed by atoms with Crippen LogP contribution in [0.15, 0.2) is 18.3 Å². The van der Waals surface area contributed by atoms with E-state index in [1.54, 1.807) is 13.8 Å². The largest absolute Gasteiger partial charge is 0.417 e. The molecular formula is C11H14F3N3O. The van der Waals surface area contributed by atoms with Crippen LogP contribution in [-0.2, 0) is 11.0 Å². The van der Waals surface area contributed by atoms with E-state index in [0.717, 1.165) is 6.07 Å². The summed E-state index contributed by atoms with van der Waals surface area (Å²) in [5, 5.41) is 2.70. The number of nitrogens with two attached hydrogens (primary N) is 1. The third kappa shape index (κ3) is 3.61. The summed E-state index contributed by atoms with van der Waals surface area (Å²) in [6.45, 7) is 3.54. The zero-order chi connectivity index (χ0) is 13.9. The number of rotatable bonds is 4. The summed E-state index contributed by atoms with van der Waals surface area (Å²) in [5.74, 6) is -0.487. The number of anilines is 1. The number of nitrogens with one attached hydrogen (secondary N) is 1. The van der Waals surface area contributed by atoms with Crippen LogP contribution < -0.4 is 11.1 Å². The predicted molar refractivity (Wildman–Crippen MR) is 60.7 cm³/mol. The van der Waals surface area contributed by atoms with Gasteiger partial charge in [-0.1, -0.05) is 13.8 Å². The fourth-order valence-corrected chi connectivity index (χ4v) is 1.37. The molecule has 0 fully saturated rings. The summed E-state index contributed by atoms with van der Waals surface area (Å²) in [5.41, 5.74) is 4.34. The highest BCUT2D eigenvalue weighted by Gasteiger charge is 2.30. The number of pyridine rings is 1. The first-order valence-electron chi connectivity index (χ1n) is 5.31. The van der Waals surface area contributed by atoms with E-state index < -0.39 is 23.7 Å². The molecule has 0 aliphatic rings. The summed E-state index contributed by atoms with van der Waals surface area (Å²) >= 11 is 0. The number of aromatic nitrogens is 1. The molecule has 0 saturated carbocycles. The van der Waals surface area contributed by atoms with Crippen LogP contribution in [0.25, 0.3) is 0 Å². The number of carbonyl (C=O) groups excluding carboxylic acids is 1. The van der Waals surface area contributed by atoms with Crippen molar-refractivity contribution < 1.29 is 18.0 Å². The molecule has 100 valence electrons. The van der Waals surface area contributed by atoms with Crippen LogP contribution in [-0.4, -0.2) is 16.9 Å². The number of nitrogens with zero attached hydrogens (tertiary/aromatic N) is 1. The number of hydrogen-bond donors (Lipinski definition) is 2. The molecule has 1 atom stereocenters. The second-order valence-corrected chi connectivity index (χ2v) is 4.20. The molecule has 0 spiro atoms. The van der Waals surface area contributed by atoms with Gasteiger partial charge >= 0.3 is 6.18 Å². The Labute approximate surface area is 102 Å². The SMILES string of the molecule is CC(C)[C@H](Nc1ccc(C(F)(F)F)cn1)C(N)=O. The second kappa shape index (κ2) is 5.24. The highest BCUT2D eigenvalue weighted by atomic mass is 19.4. The monoisotopic (exact) mass is 261 g/mol. The van der Waals surface area contributed by atoms with E-state index in [0.29, 0.717) is 6.20 Å². The Kier molecular flexibility index (Phi) is 4.15. The normalized spacial score (nSPS) is 13.4. The fraction of sp³-hybridized carbons (Fsp3) is 0.455. The van der Waals surface area contributed by atoms with Crippen LogP contribution >= 0.6 is 0 Å². The van der Waals surface area contributed by atoms with E-state index in [4.69, 9.17) is 5.73 Å². The lowest BCUT2D eigenvalue weighted by molar-refractivity contribution is -0.137. The van der Waals surface area contributed by atoms with Crippen molar-refractivity contribution in [2.45, 2.75) is 26.1 Å². The molecule has 7 heteroatoms. The molecule has 1 rings (SSSR count). The van der Waals surface area contributed by atoms with Gasteiger partial charge in [0.25, 0.3) is 0 Å². The van der Waals surface area contributed by atoms with Crippen molar-refractivity contribution >= 4 is 11.7 Å². The molecule has 1 heterocycles. The van der Waals surface area contributed by atoms with Gasteiger partial charge in [-0.25, -0.2) is 4.98 Å². The molecule has 1 amide bonds. The van der Waals surface area contributed by atoms with Crippen LogP contribution in [0.3, 0.4) is 0 Å². The maximum atomic E-state index is 12.3. The molecule has 0 aromatic carbocycles. The Morgan fingerprint density at radius 3 is 2.33 bits per heavy atom. The third-order valence-corrected chi connectivity index (χ3v) is 2.37. The first-order chi connectivity index (χ1) is 8.21. The minimum Gasteiger partial charge on any atom is -0.368 e. The Hall–Kier alpha value is -1.79. The van der Waals surface area contributed by atoms with Gasteiger partial charge in [-0.2, -0.15) is 13.2 Å². The summed E-state index contributed by atoms with van der Waals surface area (Å²) in [7, 11) is 0. The third-order valence-electron chi connectivity index (χ3n) is 2.37. The topological polar surface area (TPSA) is 68.0 Å². The first-order valence-corrected chi connectivity index (χ1v) is 5.31. The van der Waals surface area contributed by atoms with Crippen LogP contribution in [0, 0.1) is 5.92 Å². The molecule has 0 aliphatic carbocycles. The lowest BCUT2D eigenvalue weighted by Crippen LogP contribution is -2.39. The lowest BCUT2D eigenvalue weighted by Gasteiger charge is -2.19. The van der Waals surface area contributed by atoms with Crippen LogP contribution in [0.2, 0.25) is 0 Å². The van der Waals surface area contributed by atoms with Crippen molar-refractivity contribution in [2.24, 2.45) is 11.7 Å². The van der Waals surface area contributed by atoms with Gasteiger partial charge < -0.3 is 11.1 Å². The highest BCUT2D eigenvalue weighted by molar-refractivity contribution is 5.82. The van der Waals surface area contributed by atoms with E-state index in [2.05, 4.69) is 10.3 Å². The lowest BCUT2D eigenvalue weighted by atomic mass is 10.0. The van der Waals surface area contributed by atoms with Gasteiger partial charge in [0.2, 0.25) is 5.91 Å². The maximum absolute atomic E-state index is 12.3. The number of carbonyl (C=O) groups is 1. The van der Waals surface area contributed by atoms with Crippen molar-refractivity contribution in [1.82, 2.24) is 4.98 Å². The van der Waals surface area contributed by atoms with Crippen molar-refractivity contribution in [3.8, 4) is 0 Å². The van der Waals surface area contributed by atoms with Gasteiger partial charge in [0.05, 0.1) is 5.56 Å². The molecule has 0 unspecified atom stereocenters. The summed E-state index contributed by atoms with van der Waals surface area (Å²) in [4.78, 5) is 14.7. The number of alkyl halides is 3. The first kappa shape index (κ1) is 14.3. The van der Waals surface area contributed by atoms with Crippen LogP contribution in [0.5, 0.6) is 0 Å². The number of halogens is 3. The quantitative estimate of drug-likeness (QED) is 0.871. The van der Waals surface area contributed by atoms with Gasteiger partial charge in [-0.15, -0.1) is 0 Å². The van der Waals surface area contributed by atoms with Gasteiger partial charge in [-0.3, -0.25) is 4.79 Å². The smallest absolute Gasteiger partial charge is 0.368 e. The molecule has 1 aromatic rings. The summed E-state index contributed by atoms with van der Waals surface area (Å²) < 4.78 is 36.9. The van der Waals surface area contributed by atoms with Crippen molar-refractivity contribution in [3.63, 3.8) is 0 Å². The van der Waals surface area contributed by atoms with Crippen LogP contribution in [0.1, 0.15) is 19.4 Å². The second-order valence-electron chi connectivity index (χ2n) is 4.20. The summed E-state index contributed by atoms with van der Waals surface area (Å²) in [6, 6.07) is 1.39. The average Bonchev–Trinajstić information content (AvgIpc) is 2.24. The van der Waals surface area contributed by atoms with E-state index in [-0.39, 0.29) is 11.7 Å². The number of hydrogen-bond acceptors (Lipinski definition) is 3. The Morgan fingerprint density at radius 1 is 1.39 bits per heavy atom. The van der Waals surface area contributed by atoms with Crippen molar-refractivity contribution in [1.29, 1.82) is 0 Å². The average molecular weight is 261 g/mol. The zero-order valence-corrected chi connectivity index (χ0v) is 9.95. The summed E-state index contributed by atoms with van der Waals surface area (Å²) in [6.07, 6.45) is -3.71. The van der Waals surface area contributed by atoms with E-state index in [9.17, 15) is 18.0 Å². The van der Waals surface area contributed by atoms with Gasteiger partial charge in [0.15, 0.2) is 0 Å². The van der Waals surface area contributed by atoms with Gasteiger partial charge in [0, 0.05) is 6.20 Å². The maximum Gasteiger partial charge on any atom is 0.417 e. The molecular weight excluding hydrogens is 247 g/mol. The molecule has 4 nitrogen and oxygen atoms in total. The van der Waals surface area contributed by atoms with Gasteiger partial charge in [0.1, 0.15) is 11.9 Å². The molecule has 0 bridgehead atoms. The Morgan fingerprint density at radius 2 is 2.00 bits per heavy atom. The Balaban J connectivity index is 2.83. The van der Waals surface area contributed by atoms with Gasteiger partial charge in [-0.05, 0) is 18.1 Å². The molecule has 0 radical (unpaired) electrons. The van der Waals surface area contributed by atoms with Crippen LogP contribution in [0.4, 0.5) is 19.0 Å². The highest BCUT2D eigenvalue weighted by Crippen LogP contribution is 2.28.